The standard InChI is InChI=1S/C21H26N4O6/c1-21(2,3)31-20(29)24-10-13(11-24)30-12-5-6-14-16(9-12)23(4)19(28)25(14)15-7-8-17(26)22-18(15)27/h5-6,9,13,15H,7-8,10-11H2,1-4H3,(H,22,26,27). The summed E-state index contributed by atoms with van der Waals surface area (Å²) in [5.41, 5.74) is 0.337. The number of piperidine rings is 1. The van der Waals surface area contributed by atoms with Crippen molar-refractivity contribution in [2.45, 2.75) is 51.4 Å². The van der Waals surface area contributed by atoms with Crippen molar-refractivity contribution in [2.75, 3.05) is 13.1 Å². The Kier molecular flexibility index (Phi) is 5.03. The molecule has 1 aromatic carbocycles. The van der Waals surface area contributed by atoms with Gasteiger partial charge in [0.25, 0.3) is 0 Å². The molecule has 3 amide bonds. The highest BCUT2D eigenvalue weighted by Gasteiger charge is 2.35. The van der Waals surface area contributed by atoms with Crippen molar-refractivity contribution >= 4 is 28.9 Å². The molecule has 10 nitrogen and oxygen atoms in total. The van der Waals surface area contributed by atoms with Crippen LogP contribution in [-0.4, -0.2) is 56.7 Å². The van der Waals surface area contributed by atoms with Crippen molar-refractivity contribution < 1.29 is 23.9 Å². The van der Waals surface area contributed by atoms with Gasteiger partial charge < -0.3 is 14.4 Å². The summed E-state index contributed by atoms with van der Waals surface area (Å²) < 4.78 is 14.2. The summed E-state index contributed by atoms with van der Waals surface area (Å²) >= 11 is 0. The van der Waals surface area contributed by atoms with Gasteiger partial charge in [-0.15, -0.1) is 0 Å². The third kappa shape index (κ3) is 4.01. The molecule has 2 aliphatic heterocycles. The molecule has 3 heterocycles. The lowest BCUT2D eigenvalue weighted by atomic mass is 10.1. The first-order valence-corrected chi connectivity index (χ1v) is 10.2. The highest BCUT2D eigenvalue weighted by Crippen LogP contribution is 2.27. The minimum Gasteiger partial charge on any atom is -0.487 e. The Bertz CT molecular complexity index is 1120. The van der Waals surface area contributed by atoms with Gasteiger partial charge in [0.2, 0.25) is 11.8 Å². The van der Waals surface area contributed by atoms with Gasteiger partial charge in [0.1, 0.15) is 23.5 Å². The van der Waals surface area contributed by atoms with Crippen molar-refractivity contribution in [3.8, 4) is 5.75 Å². The number of rotatable bonds is 3. The zero-order valence-electron chi connectivity index (χ0n) is 18.0. The van der Waals surface area contributed by atoms with E-state index in [1.807, 2.05) is 20.8 Å². The van der Waals surface area contributed by atoms with Gasteiger partial charge in [0, 0.05) is 19.5 Å². The summed E-state index contributed by atoms with van der Waals surface area (Å²) in [5, 5.41) is 2.29. The molecule has 1 atom stereocenters. The fraction of sp³-hybridized carbons (Fsp3) is 0.524. The maximum absolute atomic E-state index is 12.8. The summed E-state index contributed by atoms with van der Waals surface area (Å²) in [5.74, 6) is -0.230. The number of hydrogen-bond donors (Lipinski definition) is 1. The minimum absolute atomic E-state index is 0.167. The summed E-state index contributed by atoms with van der Waals surface area (Å²) in [6.45, 7) is 6.30. The minimum atomic E-state index is -0.727. The molecule has 0 bridgehead atoms. The van der Waals surface area contributed by atoms with Crippen molar-refractivity contribution in [1.82, 2.24) is 19.4 Å². The van der Waals surface area contributed by atoms with E-state index in [-0.39, 0.29) is 36.6 Å². The number of nitrogens with zero attached hydrogens (tertiary/aromatic N) is 3. The number of fused-ring (bicyclic) bond motifs is 1. The van der Waals surface area contributed by atoms with Gasteiger partial charge in [0.05, 0.1) is 24.1 Å². The van der Waals surface area contributed by atoms with Crippen LogP contribution in [0, 0.1) is 0 Å². The third-order valence-electron chi connectivity index (χ3n) is 5.39. The summed E-state index contributed by atoms with van der Waals surface area (Å²) in [7, 11) is 1.63. The Morgan fingerprint density at radius 1 is 1.13 bits per heavy atom. The van der Waals surface area contributed by atoms with Gasteiger partial charge in [-0.1, -0.05) is 0 Å². The van der Waals surface area contributed by atoms with Crippen LogP contribution in [-0.2, 0) is 21.4 Å². The van der Waals surface area contributed by atoms with E-state index in [4.69, 9.17) is 9.47 Å². The molecule has 1 unspecified atom stereocenters. The number of carbonyl (C=O) groups excluding carboxylic acids is 3. The maximum Gasteiger partial charge on any atom is 0.410 e. The molecule has 166 valence electrons. The molecule has 2 fully saturated rings. The molecule has 0 radical (unpaired) electrons. The van der Waals surface area contributed by atoms with Crippen LogP contribution in [0.1, 0.15) is 39.7 Å². The fourth-order valence-corrected chi connectivity index (χ4v) is 3.83. The monoisotopic (exact) mass is 430 g/mol. The number of imidazole rings is 1. The van der Waals surface area contributed by atoms with E-state index in [1.165, 1.54) is 9.13 Å². The molecule has 2 aliphatic rings. The number of carbonyl (C=O) groups is 3. The van der Waals surface area contributed by atoms with Crippen molar-refractivity contribution in [2.24, 2.45) is 7.05 Å². The van der Waals surface area contributed by atoms with Gasteiger partial charge in [-0.2, -0.15) is 0 Å². The lowest BCUT2D eigenvalue weighted by Gasteiger charge is -2.39. The smallest absolute Gasteiger partial charge is 0.410 e. The second kappa shape index (κ2) is 7.44. The Hall–Kier alpha value is -3.30. The van der Waals surface area contributed by atoms with Crippen LogP contribution in [0.3, 0.4) is 0 Å². The van der Waals surface area contributed by atoms with Crippen LogP contribution in [0.2, 0.25) is 0 Å². The van der Waals surface area contributed by atoms with Crippen molar-refractivity contribution in [3.05, 3.63) is 28.7 Å². The molecular formula is C21H26N4O6. The zero-order chi connectivity index (χ0) is 22.5. The lowest BCUT2D eigenvalue weighted by Crippen LogP contribution is -2.57. The van der Waals surface area contributed by atoms with Crippen LogP contribution < -0.4 is 15.7 Å². The van der Waals surface area contributed by atoms with Crippen LogP contribution in [0.5, 0.6) is 5.75 Å². The topological polar surface area (TPSA) is 112 Å². The summed E-state index contributed by atoms with van der Waals surface area (Å²) in [4.78, 5) is 50.2. The molecule has 0 aliphatic carbocycles. The predicted molar refractivity (Wildman–Crippen MR) is 111 cm³/mol. The molecule has 0 spiro atoms. The average molecular weight is 430 g/mol. The number of hydrogen-bond acceptors (Lipinski definition) is 6. The molecule has 2 saturated heterocycles. The second-order valence-electron chi connectivity index (χ2n) is 8.95. The first kappa shape index (κ1) is 21.0. The quantitative estimate of drug-likeness (QED) is 0.735. The molecule has 1 N–H and O–H groups in total. The van der Waals surface area contributed by atoms with Crippen LogP contribution >= 0.6 is 0 Å². The van der Waals surface area contributed by atoms with E-state index in [9.17, 15) is 19.2 Å². The van der Waals surface area contributed by atoms with E-state index in [1.54, 1.807) is 30.1 Å². The Morgan fingerprint density at radius 3 is 2.48 bits per heavy atom. The SMILES string of the molecule is Cn1c(=O)n(C2CCC(=O)NC2=O)c2ccc(OC3CN(C(=O)OC(C)(C)C)C3)cc21. The maximum atomic E-state index is 12.8. The normalized spacial score (nSPS) is 19.9. The van der Waals surface area contributed by atoms with E-state index in [0.717, 1.165) is 0 Å². The Labute approximate surface area is 178 Å². The van der Waals surface area contributed by atoms with Crippen LogP contribution in [0.15, 0.2) is 23.0 Å². The average Bonchev–Trinajstić information content (AvgIpc) is 2.87. The molecule has 31 heavy (non-hydrogen) atoms. The lowest BCUT2D eigenvalue weighted by molar-refractivity contribution is -0.135. The number of aryl methyl sites for hydroxylation is 1. The van der Waals surface area contributed by atoms with Gasteiger partial charge >= 0.3 is 11.8 Å². The van der Waals surface area contributed by atoms with Crippen LogP contribution in [0.25, 0.3) is 11.0 Å². The number of ether oxygens (including phenoxy) is 2. The summed E-state index contributed by atoms with van der Waals surface area (Å²) in [6, 6.07) is 4.49. The van der Waals surface area contributed by atoms with E-state index in [2.05, 4.69) is 5.32 Å². The van der Waals surface area contributed by atoms with Gasteiger partial charge in [-0.3, -0.25) is 24.0 Å². The third-order valence-corrected chi connectivity index (χ3v) is 5.39. The molecule has 2 aromatic rings. The number of imide groups is 1. The number of nitrogens with one attached hydrogen (secondary N) is 1. The largest absolute Gasteiger partial charge is 0.487 e. The highest BCUT2D eigenvalue weighted by atomic mass is 16.6. The fourth-order valence-electron chi connectivity index (χ4n) is 3.83. The Balaban J connectivity index is 1.49. The highest BCUT2D eigenvalue weighted by molar-refractivity contribution is 6.00. The molecular weight excluding hydrogens is 404 g/mol. The molecule has 1 aromatic heterocycles. The van der Waals surface area contributed by atoms with Crippen molar-refractivity contribution in [3.63, 3.8) is 0 Å². The van der Waals surface area contributed by atoms with Gasteiger partial charge in [-0.05, 0) is 39.3 Å². The van der Waals surface area contributed by atoms with Crippen LogP contribution in [0.4, 0.5) is 4.79 Å². The molecule has 10 heteroatoms. The Morgan fingerprint density at radius 2 is 1.84 bits per heavy atom. The zero-order valence-corrected chi connectivity index (χ0v) is 18.0. The van der Waals surface area contributed by atoms with Gasteiger partial charge in [-0.25, -0.2) is 9.59 Å². The number of amides is 3. The van der Waals surface area contributed by atoms with Crippen molar-refractivity contribution in [1.29, 1.82) is 0 Å². The summed E-state index contributed by atoms with van der Waals surface area (Å²) in [6.07, 6.45) is -0.0634. The first-order chi connectivity index (χ1) is 14.5. The molecule has 0 saturated carbocycles. The number of aromatic nitrogens is 2. The number of likely N-dealkylation sites (tertiary alicyclic amines) is 1. The van der Waals surface area contributed by atoms with E-state index >= 15 is 0 Å². The predicted octanol–water partition coefficient (Wildman–Crippen LogP) is 1.32. The second-order valence-corrected chi connectivity index (χ2v) is 8.95. The molecule has 4 rings (SSSR count). The van der Waals surface area contributed by atoms with Gasteiger partial charge in [0.15, 0.2) is 0 Å². The van der Waals surface area contributed by atoms with E-state index < -0.39 is 17.6 Å². The number of benzene rings is 1. The first-order valence-electron chi connectivity index (χ1n) is 10.2. The van der Waals surface area contributed by atoms with E-state index in [0.29, 0.717) is 29.9 Å².